The Kier molecular flexibility index (Phi) is 11.5. The summed E-state index contributed by atoms with van der Waals surface area (Å²) in [4.78, 5) is 12.7. The predicted molar refractivity (Wildman–Crippen MR) is 166 cm³/mol. The molecule has 0 aliphatic heterocycles. The van der Waals surface area contributed by atoms with E-state index in [0.29, 0.717) is 11.3 Å². The molecule has 0 aromatic heterocycles. The van der Waals surface area contributed by atoms with Crippen LogP contribution in [0, 0.1) is 5.82 Å². The fourth-order valence-electron chi connectivity index (χ4n) is 4.83. The lowest BCUT2D eigenvalue weighted by Gasteiger charge is -2.09. The molecule has 0 spiro atoms. The van der Waals surface area contributed by atoms with Gasteiger partial charge in [-0.25, -0.2) is 9.18 Å². The smallest absolute Gasteiger partial charge is 0.343 e. The number of hydrogen-bond acceptors (Lipinski definition) is 3. The monoisotopic (exact) mass is 552 g/mol. The van der Waals surface area contributed by atoms with Crippen molar-refractivity contribution in [2.45, 2.75) is 71.6 Å². The molecule has 3 nitrogen and oxygen atoms in total. The molecular weight excluding hydrogens is 511 g/mol. The van der Waals surface area contributed by atoms with Gasteiger partial charge in [-0.3, -0.25) is 0 Å². The highest BCUT2D eigenvalue weighted by atomic mass is 19.1. The third-order valence-corrected chi connectivity index (χ3v) is 7.31. The molecule has 0 aliphatic rings. The van der Waals surface area contributed by atoms with Crippen LogP contribution in [0.5, 0.6) is 11.5 Å². The van der Waals surface area contributed by atoms with E-state index in [9.17, 15) is 4.79 Å². The first kappa shape index (κ1) is 30.0. The highest BCUT2D eigenvalue weighted by Gasteiger charge is 2.13. The number of benzene rings is 4. The second kappa shape index (κ2) is 15.8. The number of carbonyl (C=O) groups is 1. The number of hydrogen-bond donors (Lipinski definition) is 0. The van der Waals surface area contributed by atoms with E-state index in [0.717, 1.165) is 41.9 Å². The lowest BCUT2D eigenvalue weighted by atomic mass is 9.99. The van der Waals surface area contributed by atoms with Crippen LogP contribution in [0.25, 0.3) is 22.3 Å². The van der Waals surface area contributed by atoms with Crippen LogP contribution in [0.15, 0.2) is 91.0 Å². The zero-order valence-corrected chi connectivity index (χ0v) is 24.3. The summed E-state index contributed by atoms with van der Waals surface area (Å²) in [6.45, 7) is 5.12. The van der Waals surface area contributed by atoms with Gasteiger partial charge in [0.2, 0.25) is 0 Å². The average molecular weight is 553 g/mol. The van der Waals surface area contributed by atoms with Crippen molar-refractivity contribution in [2.75, 3.05) is 6.61 Å². The van der Waals surface area contributed by atoms with Crippen molar-refractivity contribution in [3.05, 3.63) is 108 Å². The summed E-state index contributed by atoms with van der Waals surface area (Å²) in [7, 11) is 0. The SMILES string of the molecule is CCCCCCCc1ccc(-c2ccc(C(=O)Oc3ccc(-c4ccc(OCCCCC)cc4)cc3)cc2F)cc1. The highest BCUT2D eigenvalue weighted by Crippen LogP contribution is 2.27. The molecule has 4 heteroatoms. The first-order valence-corrected chi connectivity index (χ1v) is 15.0. The summed E-state index contributed by atoms with van der Waals surface area (Å²) in [5, 5.41) is 0. The minimum absolute atomic E-state index is 0.175. The van der Waals surface area contributed by atoms with Gasteiger partial charge in [-0.05, 0) is 77.9 Å². The molecule has 0 heterocycles. The summed E-state index contributed by atoms with van der Waals surface area (Å²) in [6.07, 6.45) is 10.7. The summed E-state index contributed by atoms with van der Waals surface area (Å²) < 4.78 is 26.3. The van der Waals surface area contributed by atoms with Crippen LogP contribution in [-0.2, 0) is 6.42 Å². The molecule has 0 fully saturated rings. The van der Waals surface area contributed by atoms with Gasteiger partial charge in [0, 0.05) is 5.56 Å². The molecule has 4 aromatic rings. The summed E-state index contributed by atoms with van der Waals surface area (Å²) >= 11 is 0. The van der Waals surface area contributed by atoms with Crippen molar-refractivity contribution in [1.82, 2.24) is 0 Å². The number of halogens is 1. The molecule has 0 saturated heterocycles. The topological polar surface area (TPSA) is 35.5 Å². The molecule has 214 valence electrons. The largest absolute Gasteiger partial charge is 0.494 e. The number of unbranched alkanes of at least 4 members (excludes halogenated alkanes) is 6. The standard InChI is InChI=1S/C37H41FO3/c1-3-5-7-8-9-11-28-12-14-31(15-13-28)35-25-20-32(27-36(35)38)37(39)41-34-23-18-30(19-24-34)29-16-21-33(22-17-29)40-26-10-6-4-2/h12-25,27H,3-11,26H2,1-2H3. The van der Waals surface area contributed by atoms with Gasteiger partial charge in [0.1, 0.15) is 17.3 Å². The third kappa shape index (κ3) is 9.04. The molecule has 0 aliphatic carbocycles. The van der Waals surface area contributed by atoms with Crippen LogP contribution in [-0.4, -0.2) is 12.6 Å². The molecule has 41 heavy (non-hydrogen) atoms. The van der Waals surface area contributed by atoms with E-state index >= 15 is 4.39 Å². The maximum absolute atomic E-state index is 15.0. The van der Waals surface area contributed by atoms with Gasteiger partial charge >= 0.3 is 5.97 Å². The van der Waals surface area contributed by atoms with Gasteiger partial charge in [0.15, 0.2) is 0 Å². The number of rotatable bonds is 15. The lowest BCUT2D eigenvalue weighted by molar-refractivity contribution is 0.0734. The molecular formula is C37H41FO3. The van der Waals surface area contributed by atoms with E-state index in [1.807, 2.05) is 48.5 Å². The van der Waals surface area contributed by atoms with E-state index in [2.05, 4.69) is 26.0 Å². The van der Waals surface area contributed by atoms with E-state index in [1.54, 1.807) is 24.3 Å². The van der Waals surface area contributed by atoms with Crippen molar-refractivity contribution >= 4 is 5.97 Å². The average Bonchev–Trinajstić information content (AvgIpc) is 3.00. The van der Waals surface area contributed by atoms with Crippen LogP contribution < -0.4 is 9.47 Å². The maximum atomic E-state index is 15.0. The lowest BCUT2D eigenvalue weighted by Crippen LogP contribution is -2.09. The molecule has 0 bridgehead atoms. The van der Waals surface area contributed by atoms with Gasteiger partial charge in [-0.1, -0.05) is 107 Å². The van der Waals surface area contributed by atoms with Gasteiger partial charge in [-0.2, -0.15) is 0 Å². The Balaban J connectivity index is 1.31. The van der Waals surface area contributed by atoms with Crippen LogP contribution in [0.1, 0.15) is 81.1 Å². The van der Waals surface area contributed by atoms with Gasteiger partial charge < -0.3 is 9.47 Å². The Labute approximate surface area is 244 Å². The second-order valence-corrected chi connectivity index (χ2v) is 10.5. The minimum atomic E-state index is -0.591. The Morgan fingerprint density at radius 2 is 1.22 bits per heavy atom. The summed E-state index contributed by atoms with van der Waals surface area (Å²) in [5.41, 5.74) is 4.75. The van der Waals surface area contributed by atoms with Crippen molar-refractivity contribution < 1.29 is 18.7 Å². The van der Waals surface area contributed by atoms with Crippen LogP contribution in [0.3, 0.4) is 0 Å². The van der Waals surface area contributed by atoms with E-state index < -0.39 is 11.8 Å². The molecule has 0 radical (unpaired) electrons. The Morgan fingerprint density at radius 1 is 0.634 bits per heavy atom. The van der Waals surface area contributed by atoms with Gasteiger partial charge in [-0.15, -0.1) is 0 Å². The highest BCUT2D eigenvalue weighted by molar-refractivity contribution is 5.91. The van der Waals surface area contributed by atoms with E-state index in [4.69, 9.17) is 9.47 Å². The van der Waals surface area contributed by atoms with Crippen molar-refractivity contribution in [3.8, 4) is 33.8 Å². The molecule has 0 amide bonds. The van der Waals surface area contributed by atoms with Crippen LogP contribution >= 0.6 is 0 Å². The van der Waals surface area contributed by atoms with Crippen LogP contribution in [0.2, 0.25) is 0 Å². The number of aryl methyl sites for hydroxylation is 1. The molecule has 4 rings (SSSR count). The van der Waals surface area contributed by atoms with E-state index in [-0.39, 0.29) is 5.56 Å². The Bertz CT molecular complexity index is 1360. The van der Waals surface area contributed by atoms with Crippen LogP contribution in [0.4, 0.5) is 4.39 Å². The van der Waals surface area contributed by atoms with Gasteiger partial charge in [0.25, 0.3) is 0 Å². The van der Waals surface area contributed by atoms with Gasteiger partial charge in [0.05, 0.1) is 12.2 Å². The second-order valence-electron chi connectivity index (χ2n) is 10.5. The molecule has 0 unspecified atom stereocenters. The van der Waals surface area contributed by atoms with E-state index in [1.165, 1.54) is 56.6 Å². The van der Waals surface area contributed by atoms with Crippen molar-refractivity contribution in [2.24, 2.45) is 0 Å². The molecule has 0 saturated carbocycles. The molecule has 0 atom stereocenters. The molecule has 4 aromatic carbocycles. The predicted octanol–water partition coefficient (Wildman–Crippen LogP) is 10.5. The van der Waals surface area contributed by atoms with Crippen molar-refractivity contribution in [3.63, 3.8) is 0 Å². The first-order valence-electron chi connectivity index (χ1n) is 15.0. The Morgan fingerprint density at radius 3 is 1.85 bits per heavy atom. The number of carbonyl (C=O) groups excluding carboxylic acids is 1. The third-order valence-electron chi connectivity index (χ3n) is 7.31. The summed E-state index contributed by atoms with van der Waals surface area (Å²) in [5.74, 6) is 0.231. The van der Waals surface area contributed by atoms with Crippen molar-refractivity contribution in [1.29, 1.82) is 0 Å². The Hall–Kier alpha value is -3.92. The zero-order valence-electron chi connectivity index (χ0n) is 24.3. The fraction of sp³-hybridized carbons (Fsp3) is 0.324. The normalized spacial score (nSPS) is 10.9. The zero-order chi connectivity index (χ0) is 28.9. The number of ether oxygens (including phenoxy) is 2. The first-order chi connectivity index (χ1) is 20.1. The summed E-state index contributed by atoms with van der Waals surface area (Å²) in [6, 6.07) is 27.8. The fourth-order valence-corrected chi connectivity index (χ4v) is 4.83. The molecule has 0 N–H and O–H groups in total. The number of esters is 1. The minimum Gasteiger partial charge on any atom is -0.494 e. The maximum Gasteiger partial charge on any atom is 0.343 e. The quantitative estimate of drug-likeness (QED) is 0.0836.